The Morgan fingerprint density at radius 1 is 1.15 bits per heavy atom. The first kappa shape index (κ1) is 13.8. The Labute approximate surface area is 116 Å². The lowest BCUT2D eigenvalue weighted by molar-refractivity contribution is 0.0918. The summed E-state index contributed by atoms with van der Waals surface area (Å²) >= 11 is 0. The highest BCUT2D eigenvalue weighted by Crippen LogP contribution is 2.17. The Kier molecular flexibility index (Phi) is 4.50. The molecule has 4 heteroatoms. The van der Waals surface area contributed by atoms with Gasteiger partial charge in [0.25, 0.3) is 0 Å². The minimum atomic E-state index is -0.176. The molecule has 2 rings (SSSR count). The molecular formula is C16H14O4. The van der Waals surface area contributed by atoms with Crippen LogP contribution in [0, 0.1) is 0 Å². The second kappa shape index (κ2) is 6.52. The fraction of sp³-hybridized carbons (Fsp3) is 0.125. The van der Waals surface area contributed by atoms with E-state index < -0.39 is 0 Å². The minimum Gasteiger partial charge on any atom is -0.497 e. The van der Waals surface area contributed by atoms with Gasteiger partial charge >= 0.3 is 0 Å². The molecule has 2 aromatic carbocycles. The Bertz CT molecular complexity index is 619. The molecule has 0 amide bonds. The van der Waals surface area contributed by atoms with E-state index in [4.69, 9.17) is 9.47 Å². The van der Waals surface area contributed by atoms with E-state index >= 15 is 0 Å². The van der Waals surface area contributed by atoms with E-state index in [1.54, 1.807) is 55.6 Å². The maximum atomic E-state index is 12.0. The van der Waals surface area contributed by atoms with Crippen LogP contribution in [-0.4, -0.2) is 25.8 Å². The zero-order valence-electron chi connectivity index (χ0n) is 11.0. The maximum Gasteiger partial charge on any atom is 0.200 e. The third kappa shape index (κ3) is 3.23. The molecule has 0 unspecified atom stereocenters. The minimum absolute atomic E-state index is 0.127. The molecule has 0 aliphatic carbocycles. The van der Waals surface area contributed by atoms with Gasteiger partial charge in [0.15, 0.2) is 18.7 Å². The van der Waals surface area contributed by atoms with Crippen LogP contribution in [0.4, 0.5) is 0 Å². The van der Waals surface area contributed by atoms with Crippen LogP contribution in [-0.2, 0) is 0 Å². The average Bonchev–Trinajstić information content (AvgIpc) is 2.52. The van der Waals surface area contributed by atoms with Crippen LogP contribution in [0.25, 0.3) is 0 Å². The van der Waals surface area contributed by atoms with Crippen LogP contribution in [0.5, 0.6) is 11.5 Å². The number of rotatable bonds is 6. The monoisotopic (exact) mass is 270 g/mol. The summed E-state index contributed by atoms with van der Waals surface area (Å²) in [6.07, 6.45) is 0.700. The normalized spacial score (nSPS) is 9.85. The summed E-state index contributed by atoms with van der Waals surface area (Å²) in [5, 5.41) is 0. The van der Waals surface area contributed by atoms with Gasteiger partial charge in [0.2, 0.25) is 0 Å². The number of hydrogen-bond donors (Lipinski definition) is 0. The molecule has 0 atom stereocenters. The van der Waals surface area contributed by atoms with Crippen LogP contribution in [0.3, 0.4) is 0 Å². The zero-order chi connectivity index (χ0) is 14.4. The molecule has 0 aliphatic rings. The predicted molar refractivity (Wildman–Crippen MR) is 74.6 cm³/mol. The molecule has 0 saturated carbocycles. The van der Waals surface area contributed by atoms with Gasteiger partial charge in [-0.1, -0.05) is 24.3 Å². The molecule has 0 heterocycles. The Morgan fingerprint density at radius 2 is 1.95 bits per heavy atom. The van der Waals surface area contributed by atoms with Crippen molar-refractivity contribution in [3.8, 4) is 11.5 Å². The molecule has 0 bridgehead atoms. The lowest BCUT2D eigenvalue weighted by Gasteiger charge is -2.08. The topological polar surface area (TPSA) is 52.6 Å². The number of ketones is 1. The van der Waals surface area contributed by atoms with E-state index in [-0.39, 0.29) is 12.4 Å². The van der Waals surface area contributed by atoms with Gasteiger partial charge in [-0.15, -0.1) is 0 Å². The van der Waals surface area contributed by atoms with Gasteiger partial charge in [-0.3, -0.25) is 9.59 Å². The number of methoxy groups -OCH3 is 1. The van der Waals surface area contributed by atoms with Gasteiger partial charge < -0.3 is 9.47 Å². The van der Waals surface area contributed by atoms with Gasteiger partial charge in [-0.2, -0.15) is 0 Å². The van der Waals surface area contributed by atoms with Crippen LogP contribution in [0.1, 0.15) is 20.7 Å². The van der Waals surface area contributed by atoms with Gasteiger partial charge in [0, 0.05) is 5.56 Å². The van der Waals surface area contributed by atoms with Crippen LogP contribution in [0.2, 0.25) is 0 Å². The Morgan fingerprint density at radius 3 is 2.70 bits per heavy atom. The number of benzene rings is 2. The lowest BCUT2D eigenvalue weighted by Crippen LogP contribution is -2.12. The summed E-state index contributed by atoms with van der Waals surface area (Å²) in [6.45, 7) is -0.127. The van der Waals surface area contributed by atoms with Crippen molar-refractivity contribution in [3.05, 3.63) is 59.7 Å². The van der Waals surface area contributed by atoms with E-state index in [2.05, 4.69) is 0 Å². The average molecular weight is 270 g/mol. The second-order valence-corrected chi connectivity index (χ2v) is 4.10. The summed E-state index contributed by atoms with van der Waals surface area (Å²) < 4.78 is 10.5. The predicted octanol–water partition coefficient (Wildman–Crippen LogP) is 2.77. The van der Waals surface area contributed by atoms with Gasteiger partial charge in [-0.05, 0) is 24.3 Å². The fourth-order valence-electron chi connectivity index (χ4n) is 1.73. The summed E-state index contributed by atoms with van der Waals surface area (Å²) in [4.78, 5) is 22.9. The summed E-state index contributed by atoms with van der Waals surface area (Å²) in [7, 11) is 1.54. The molecular weight excluding hydrogens is 256 g/mol. The third-order valence-corrected chi connectivity index (χ3v) is 2.80. The fourth-order valence-corrected chi connectivity index (χ4v) is 1.73. The molecule has 0 spiro atoms. The summed E-state index contributed by atoms with van der Waals surface area (Å²) in [5.41, 5.74) is 0.930. The largest absolute Gasteiger partial charge is 0.497 e. The Balaban J connectivity index is 2.06. The Hall–Kier alpha value is -2.62. The highest BCUT2D eigenvalue weighted by molar-refractivity contribution is 5.97. The van der Waals surface area contributed by atoms with E-state index in [1.165, 1.54) is 0 Å². The molecule has 20 heavy (non-hydrogen) atoms. The number of Topliss-reactive ketones (excluding diaryl/α,β-unsaturated/α-hetero) is 1. The number of para-hydroxylation sites is 1. The van der Waals surface area contributed by atoms with Gasteiger partial charge in [0.05, 0.1) is 12.7 Å². The molecule has 4 nitrogen and oxygen atoms in total. The maximum absolute atomic E-state index is 12.0. The first-order chi connectivity index (χ1) is 9.74. The van der Waals surface area contributed by atoms with Crippen molar-refractivity contribution in [2.75, 3.05) is 13.7 Å². The van der Waals surface area contributed by atoms with Crippen LogP contribution >= 0.6 is 0 Å². The van der Waals surface area contributed by atoms with Crippen molar-refractivity contribution in [1.29, 1.82) is 0 Å². The SMILES string of the molecule is COc1cccc(C(=O)COc2ccccc2C=O)c1. The zero-order valence-corrected chi connectivity index (χ0v) is 11.0. The summed E-state index contributed by atoms with van der Waals surface area (Å²) in [5.74, 6) is 0.840. The van der Waals surface area contributed by atoms with Crippen molar-refractivity contribution in [3.63, 3.8) is 0 Å². The standard InChI is InChI=1S/C16H14O4/c1-19-14-7-4-6-12(9-14)15(18)11-20-16-8-3-2-5-13(16)10-17/h2-10H,11H2,1H3. The van der Waals surface area contributed by atoms with Crippen LogP contribution in [0.15, 0.2) is 48.5 Å². The number of carbonyl (C=O) groups excluding carboxylic acids is 2. The second-order valence-electron chi connectivity index (χ2n) is 4.10. The number of carbonyl (C=O) groups is 2. The lowest BCUT2D eigenvalue weighted by atomic mass is 10.1. The summed E-state index contributed by atoms with van der Waals surface area (Å²) in [6, 6.07) is 13.6. The molecule has 0 saturated heterocycles. The smallest absolute Gasteiger partial charge is 0.200 e. The number of aldehydes is 1. The first-order valence-corrected chi connectivity index (χ1v) is 6.09. The van der Waals surface area contributed by atoms with Crippen molar-refractivity contribution >= 4 is 12.1 Å². The van der Waals surface area contributed by atoms with Crippen molar-refractivity contribution in [2.45, 2.75) is 0 Å². The van der Waals surface area contributed by atoms with Gasteiger partial charge in [0.1, 0.15) is 11.5 Å². The molecule has 102 valence electrons. The van der Waals surface area contributed by atoms with Crippen LogP contribution < -0.4 is 9.47 Å². The van der Waals surface area contributed by atoms with E-state index in [1.807, 2.05) is 0 Å². The van der Waals surface area contributed by atoms with E-state index in [9.17, 15) is 9.59 Å². The molecule has 0 N–H and O–H groups in total. The molecule has 0 radical (unpaired) electrons. The highest BCUT2D eigenvalue weighted by Gasteiger charge is 2.09. The molecule has 0 aliphatic heterocycles. The molecule has 2 aromatic rings. The van der Waals surface area contributed by atoms with Crippen molar-refractivity contribution in [2.24, 2.45) is 0 Å². The highest BCUT2D eigenvalue weighted by atomic mass is 16.5. The van der Waals surface area contributed by atoms with Crippen molar-refractivity contribution in [1.82, 2.24) is 0 Å². The quantitative estimate of drug-likeness (QED) is 0.598. The third-order valence-electron chi connectivity index (χ3n) is 2.80. The van der Waals surface area contributed by atoms with E-state index in [0.29, 0.717) is 28.9 Å². The van der Waals surface area contributed by atoms with Crippen molar-refractivity contribution < 1.29 is 19.1 Å². The number of ether oxygens (including phenoxy) is 2. The first-order valence-electron chi connectivity index (χ1n) is 6.09. The molecule has 0 aromatic heterocycles. The molecule has 0 fully saturated rings. The number of hydrogen-bond acceptors (Lipinski definition) is 4. The van der Waals surface area contributed by atoms with Gasteiger partial charge in [-0.25, -0.2) is 0 Å². The van der Waals surface area contributed by atoms with E-state index in [0.717, 1.165) is 0 Å².